The molecule has 3 aliphatic carbocycles. The van der Waals surface area contributed by atoms with Gasteiger partial charge in [0.05, 0.1) is 0 Å². The van der Waals surface area contributed by atoms with E-state index in [4.69, 9.17) is 10.5 Å². The maximum atomic E-state index is 11.7. The summed E-state index contributed by atoms with van der Waals surface area (Å²) in [6.07, 6.45) is 9.77. The summed E-state index contributed by atoms with van der Waals surface area (Å²) >= 11 is 0. The molecule has 4 fully saturated rings. The molecule has 2 N–H and O–H groups in total. The van der Waals surface area contributed by atoms with E-state index in [0.29, 0.717) is 17.5 Å². The molecule has 0 aromatic carbocycles. The second-order valence-electron chi connectivity index (χ2n) is 9.43. The third-order valence-electron chi connectivity index (χ3n) is 7.93. The number of pyridine rings is 1. The smallest absolute Gasteiger partial charge is 0.267 e. The minimum absolute atomic E-state index is 0. The number of rotatable bonds is 5. The van der Waals surface area contributed by atoms with Crippen molar-refractivity contribution >= 4 is 18.3 Å². The van der Waals surface area contributed by atoms with Crippen molar-refractivity contribution in [2.75, 3.05) is 26.7 Å². The number of fused-ring (bicyclic) bond motifs is 3. The molecule has 2 heterocycles. The molecule has 1 saturated heterocycles. The van der Waals surface area contributed by atoms with E-state index in [0.717, 1.165) is 36.4 Å². The summed E-state index contributed by atoms with van der Waals surface area (Å²) in [5.74, 6) is 3.49. The summed E-state index contributed by atoms with van der Waals surface area (Å²) in [6, 6.07) is 3.90. The van der Waals surface area contributed by atoms with Crippen molar-refractivity contribution in [1.29, 1.82) is 0 Å². The number of carbonyl (C=O) groups excluding carboxylic acids is 1. The summed E-state index contributed by atoms with van der Waals surface area (Å²) < 4.78 is 6.30. The molecule has 6 atom stereocenters. The Morgan fingerprint density at radius 2 is 1.93 bits per heavy atom. The maximum Gasteiger partial charge on any atom is 0.267 e. The monoisotopic (exact) mass is 405 g/mol. The molecule has 154 valence electrons. The minimum Gasteiger partial charge on any atom is -0.373 e. The lowest BCUT2D eigenvalue weighted by Crippen LogP contribution is -2.59. The highest BCUT2D eigenvalue weighted by Crippen LogP contribution is 2.55. The second kappa shape index (κ2) is 7.58. The Morgan fingerprint density at radius 3 is 2.54 bits per heavy atom. The molecule has 0 spiro atoms. The molecule has 1 aliphatic heterocycles. The largest absolute Gasteiger partial charge is 0.373 e. The average molecular weight is 406 g/mol. The SMILES string of the molecule is CO[C@]1(c2ccnc(C(N)=O)c2)[C@@H]2CCC[C@H]1CN(C[C@@H]1C[C@@H]3C[C@@H]3C1)C2.Cl. The molecule has 0 radical (unpaired) electrons. The standard InChI is InChI=1S/C22H31N3O2.ClH/c1-27-22(17-5-6-24-20(10-17)21(23)26)18-3-2-4-19(22)13-25(12-18)11-14-7-15-9-16(15)8-14;/h5-6,10,14-16,18-19H,2-4,7-9,11-13H2,1H3,(H2,23,26);1H/t14-,15-,16+,18-,19+,22-;. The molecule has 5 nitrogen and oxygen atoms in total. The highest BCUT2D eigenvalue weighted by Gasteiger charge is 2.54. The first-order valence-electron chi connectivity index (χ1n) is 10.6. The van der Waals surface area contributed by atoms with Gasteiger partial charge in [0.2, 0.25) is 0 Å². The van der Waals surface area contributed by atoms with Crippen LogP contribution in [0.25, 0.3) is 0 Å². The average Bonchev–Trinajstić information content (AvgIpc) is 3.27. The van der Waals surface area contributed by atoms with E-state index < -0.39 is 5.91 Å². The zero-order valence-corrected chi connectivity index (χ0v) is 17.5. The van der Waals surface area contributed by atoms with Crippen molar-refractivity contribution < 1.29 is 9.53 Å². The number of nitrogens with zero attached hydrogens (tertiary/aromatic N) is 2. The topological polar surface area (TPSA) is 68.5 Å². The van der Waals surface area contributed by atoms with Crippen LogP contribution in [0.5, 0.6) is 0 Å². The van der Waals surface area contributed by atoms with Crippen LogP contribution in [0.15, 0.2) is 18.3 Å². The lowest BCUT2D eigenvalue weighted by molar-refractivity contribution is -0.170. The Kier molecular flexibility index (Phi) is 5.45. The summed E-state index contributed by atoms with van der Waals surface area (Å²) in [6.45, 7) is 3.47. The van der Waals surface area contributed by atoms with Crippen LogP contribution in [0.3, 0.4) is 0 Å². The van der Waals surface area contributed by atoms with E-state index in [2.05, 4.69) is 9.88 Å². The third kappa shape index (κ3) is 3.25. The molecule has 28 heavy (non-hydrogen) atoms. The van der Waals surface area contributed by atoms with Crippen LogP contribution in [-0.4, -0.2) is 42.5 Å². The Labute approximate surface area is 173 Å². The van der Waals surface area contributed by atoms with Crippen LogP contribution < -0.4 is 5.73 Å². The Balaban J connectivity index is 0.00000192. The number of hydrogen-bond donors (Lipinski definition) is 1. The molecule has 3 saturated carbocycles. The van der Waals surface area contributed by atoms with Crippen LogP contribution in [0.4, 0.5) is 0 Å². The number of ether oxygens (including phenoxy) is 1. The van der Waals surface area contributed by atoms with Gasteiger partial charge in [0.25, 0.3) is 5.91 Å². The van der Waals surface area contributed by atoms with E-state index in [-0.39, 0.29) is 18.0 Å². The number of aromatic nitrogens is 1. The van der Waals surface area contributed by atoms with E-state index in [1.807, 2.05) is 19.2 Å². The first-order chi connectivity index (χ1) is 13.1. The van der Waals surface area contributed by atoms with Crippen molar-refractivity contribution in [3.8, 4) is 0 Å². The van der Waals surface area contributed by atoms with Crippen LogP contribution in [0.1, 0.15) is 54.6 Å². The maximum absolute atomic E-state index is 11.7. The summed E-state index contributed by atoms with van der Waals surface area (Å²) in [4.78, 5) is 18.5. The molecule has 1 amide bonds. The fourth-order valence-corrected chi connectivity index (χ4v) is 6.76. The van der Waals surface area contributed by atoms with Crippen LogP contribution in [0, 0.1) is 29.6 Å². The first-order valence-corrected chi connectivity index (χ1v) is 10.6. The number of hydrogen-bond acceptors (Lipinski definition) is 4. The fourth-order valence-electron chi connectivity index (χ4n) is 6.76. The number of likely N-dealkylation sites (tertiary alicyclic amines) is 1. The highest BCUT2D eigenvalue weighted by molar-refractivity contribution is 5.90. The first kappa shape index (κ1) is 20.1. The molecular formula is C22H32ClN3O2. The van der Waals surface area contributed by atoms with E-state index >= 15 is 0 Å². The third-order valence-corrected chi connectivity index (χ3v) is 7.93. The molecule has 5 rings (SSSR count). The Hall–Kier alpha value is -1.17. The quantitative estimate of drug-likeness (QED) is 0.816. The highest BCUT2D eigenvalue weighted by atomic mass is 35.5. The van der Waals surface area contributed by atoms with Gasteiger partial charge in [-0.1, -0.05) is 6.42 Å². The summed E-state index contributed by atoms with van der Waals surface area (Å²) in [5.41, 5.74) is 6.61. The number of halogens is 1. The van der Waals surface area contributed by atoms with Gasteiger partial charge in [-0.05, 0) is 67.6 Å². The zero-order chi connectivity index (χ0) is 18.6. The second-order valence-corrected chi connectivity index (χ2v) is 9.43. The van der Waals surface area contributed by atoms with Crippen LogP contribution >= 0.6 is 12.4 Å². The number of methoxy groups -OCH3 is 1. The lowest BCUT2D eigenvalue weighted by Gasteiger charge is -2.55. The van der Waals surface area contributed by atoms with Crippen molar-refractivity contribution in [2.45, 2.75) is 44.1 Å². The molecule has 2 bridgehead atoms. The Bertz CT molecular complexity index is 718. The number of primary amides is 1. The van der Waals surface area contributed by atoms with Crippen molar-refractivity contribution in [3.05, 3.63) is 29.6 Å². The Morgan fingerprint density at radius 1 is 1.25 bits per heavy atom. The fraction of sp³-hybridized carbons (Fsp3) is 0.727. The van der Waals surface area contributed by atoms with E-state index in [9.17, 15) is 4.79 Å². The molecule has 1 aromatic rings. The van der Waals surface area contributed by atoms with Gasteiger partial charge < -0.3 is 15.4 Å². The minimum atomic E-state index is -0.467. The molecule has 4 aliphatic rings. The van der Waals surface area contributed by atoms with Gasteiger partial charge in [-0.15, -0.1) is 12.4 Å². The van der Waals surface area contributed by atoms with E-state index in [1.165, 1.54) is 45.1 Å². The van der Waals surface area contributed by atoms with Crippen LogP contribution in [-0.2, 0) is 10.3 Å². The van der Waals surface area contributed by atoms with Gasteiger partial charge in [0.15, 0.2) is 0 Å². The predicted octanol–water partition coefficient (Wildman–Crippen LogP) is 3.22. The molecule has 1 aromatic heterocycles. The van der Waals surface area contributed by atoms with Gasteiger partial charge in [0.1, 0.15) is 11.3 Å². The lowest BCUT2D eigenvalue weighted by atomic mass is 9.62. The number of carbonyl (C=O) groups is 1. The van der Waals surface area contributed by atoms with Crippen molar-refractivity contribution in [1.82, 2.24) is 9.88 Å². The van der Waals surface area contributed by atoms with Crippen molar-refractivity contribution in [2.24, 2.45) is 35.3 Å². The normalized spacial score (nSPS) is 39.1. The van der Waals surface area contributed by atoms with E-state index in [1.54, 1.807) is 6.20 Å². The van der Waals surface area contributed by atoms with Crippen molar-refractivity contribution in [3.63, 3.8) is 0 Å². The number of piperidine rings is 1. The van der Waals surface area contributed by atoms with Crippen LogP contribution in [0.2, 0.25) is 0 Å². The molecular weight excluding hydrogens is 374 g/mol. The van der Waals surface area contributed by atoms with Gasteiger partial charge in [-0.25, -0.2) is 0 Å². The predicted molar refractivity (Wildman–Crippen MR) is 110 cm³/mol. The molecule has 6 heteroatoms. The number of nitrogens with two attached hydrogens (primary N) is 1. The molecule has 0 unspecified atom stereocenters. The van der Waals surface area contributed by atoms with Gasteiger partial charge >= 0.3 is 0 Å². The van der Waals surface area contributed by atoms with Gasteiger partial charge in [-0.3, -0.25) is 9.78 Å². The number of amides is 1. The summed E-state index contributed by atoms with van der Waals surface area (Å²) in [7, 11) is 1.84. The van der Waals surface area contributed by atoms with Gasteiger partial charge in [-0.2, -0.15) is 0 Å². The summed E-state index contributed by atoms with van der Waals surface area (Å²) in [5, 5.41) is 0. The zero-order valence-electron chi connectivity index (χ0n) is 16.7. The van der Waals surface area contributed by atoms with Gasteiger partial charge in [0, 0.05) is 44.8 Å².